The van der Waals surface area contributed by atoms with E-state index in [9.17, 15) is 9.59 Å². The molecule has 0 saturated carbocycles. The lowest BCUT2D eigenvalue weighted by Gasteiger charge is -2.12. The Morgan fingerprint density at radius 1 is 1.03 bits per heavy atom. The zero-order valence-electron chi connectivity index (χ0n) is 17.7. The quantitative estimate of drug-likeness (QED) is 0.518. The van der Waals surface area contributed by atoms with Gasteiger partial charge in [0.15, 0.2) is 5.11 Å². The Hall–Kier alpha value is -2.93. The molecule has 0 bridgehead atoms. The smallest absolute Gasteiger partial charge is 0.257 e. The van der Waals surface area contributed by atoms with Gasteiger partial charge in [0.1, 0.15) is 5.75 Å². The lowest BCUT2D eigenvalue weighted by Crippen LogP contribution is -2.34. The largest absolute Gasteiger partial charge is 0.494 e. The Labute approximate surface area is 183 Å². The monoisotopic (exact) mass is 427 g/mol. The van der Waals surface area contributed by atoms with E-state index in [0.29, 0.717) is 41.6 Å². The number of anilines is 1. The third-order valence-electron chi connectivity index (χ3n) is 4.21. The molecule has 0 aliphatic heterocycles. The highest BCUT2D eigenvalue weighted by Crippen LogP contribution is 2.15. The molecular weight excluding hydrogens is 398 g/mol. The summed E-state index contributed by atoms with van der Waals surface area (Å²) in [6, 6.07) is 13.9. The molecule has 0 aliphatic carbocycles. The van der Waals surface area contributed by atoms with Gasteiger partial charge in [-0.2, -0.15) is 0 Å². The van der Waals surface area contributed by atoms with Crippen LogP contribution in [0.15, 0.2) is 48.5 Å². The molecule has 0 radical (unpaired) electrons. The fourth-order valence-electron chi connectivity index (χ4n) is 2.56. The molecule has 160 valence electrons. The van der Waals surface area contributed by atoms with E-state index >= 15 is 0 Å². The molecule has 2 amide bonds. The number of thiocarbonyl (C=S) groups is 1. The van der Waals surface area contributed by atoms with Crippen molar-refractivity contribution in [3.8, 4) is 5.75 Å². The summed E-state index contributed by atoms with van der Waals surface area (Å²) in [7, 11) is 0. The van der Waals surface area contributed by atoms with Crippen molar-refractivity contribution in [2.45, 2.75) is 33.6 Å². The van der Waals surface area contributed by atoms with Crippen LogP contribution in [0.5, 0.6) is 5.75 Å². The third-order valence-corrected chi connectivity index (χ3v) is 4.41. The molecule has 7 heteroatoms. The fraction of sp³-hybridized carbons (Fsp3) is 0.348. The number of amides is 2. The van der Waals surface area contributed by atoms with E-state index in [2.05, 4.69) is 29.8 Å². The minimum absolute atomic E-state index is 0.148. The SMILES string of the molecule is CCCNC(=O)c1cccc(NC(=S)NC(=O)c2cccc(OCCC(C)C)c2)c1. The number of hydrogen-bond acceptors (Lipinski definition) is 4. The highest BCUT2D eigenvalue weighted by Gasteiger charge is 2.11. The van der Waals surface area contributed by atoms with Gasteiger partial charge >= 0.3 is 0 Å². The van der Waals surface area contributed by atoms with E-state index in [1.807, 2.05) is 13.0 Å². The number of benzene rings is 2. The average Bonchev–Trinajstić information content (AvgIpc) is 2.72. The van der Waals surface area contributed by atoms with Crippen molar-refractivity contribution in [2.75, 3.05) is 18.5 Å². The topological polar surface area (TPSA) is 79.5 Å². The Morgan fingerprint density at radius 3 is 2.43 bits per heavy atom. The lowest BCUT2D eigenvalue weighted by atomic mass is 10.1. The van der Waals surface area contributed by atoms with Gasteiger partial charge in [-0.05, 0) is 67.4 Å². The Morgan fingerprint density at radius 2 is 1.73 bits per heavy atom. The second kappa shape index (κ2) is 11.9. The summed E-state index contributed by atoms with van der Waals surface area (Å²) in [6.07, 6.45) is 1.81. The van der Waals surface area contributed by atoms with Gasteiger partial charge in [0.2, 0.25) is 0 Å². The molecule has 0 fully saturated rings. The zero-order chi connectivity index (χ0) is 21.9. The minimum atomic E-state index is -0.335. The van der Waals surface area contributed by atoms with Gasteiger partial charge in [-0.15, -0.1) is 0 Å². The predicted octanol–water partition coefficient (Wildman–Crippen LogP) is 4.38. The number of rotatable bonds is 9. The molecule has 0 atom stereocenters. The summed E-state index contributed by atoms with van der Waals surface area (Å²) in [5.41, 5.74) is 1.60. The molecule has 0 heterocycles. The van der Waals surface area contributed by atoms with E-state index in [0.717, 1.165) is 12.8 Å². The number of nitrogens with one attached hydrogen (secondary N) is 3. The van der Waals surface area contributed by atoms with Crippen LogP contribution >= 0.6 is 12.2 Å². The van der Waals surface area contributed by atoms with Crippen LogP contribution in [0, 0.1) is 5.92 Å². The molecule has 0 unspecified atom stereocenters. The number of carbonyl (C=O) groups excluding carboxylic acids is 2. The van der Waals surface area contributed by atoms with E-state index < -0.39 is 0 Å². The van der Waals surface area contributed by atoms with Crippen molar-refractivity contribution in [1.82, 2.24) is 10.6 Å². The minimum Gasteiger partial charge on any atom is -0.494 e. The first-order valence-electron chi connectivity index (χ1n) is 10.1. The molecule has 2 aromatic carbocycles. The van der Waals surface area contributed by atoms with Gasteiger partial charge in [-0.25, -0.2) is 0 Å². The van der Waals surface area contributed by atoms with Crippen LogP contribution in [0.1, 0.15) is 54.3 Å². The van der Waals surface area contributed by atoms with Crippen LogP contribution in [0.2, 0.25) is 0 Å². The summed E-state index contributed by atoms with van der Waals surface area (Å²) in [5, 5.41) is 8.58. The normalized spacial score (nSPS) is 10.4. The molecule has 3 N–H and O–H groups in total. The van der Waals surface area contributed by atoms with Gasteiger partial charge in [0.05, 0.1) is 6.61 Å². The van der Waals surface area contributed by atoms with Crippen LogP contribution in [0.4, 0.5) is 5.69 Å². The zero-order valence-corrected chi connectivity index (χ0v) is 18.5. The third kappa shape index (κ3) is 7.83. The molecule has 0 saturated heterocycles. The van der Waals surface area contributed by atoms with Crippen molar-refractivity contribution in [1.29, 1.82) is 0 Å². The molecule has 0 aliphatic rings. The lowest BCUT2D eigenvalue weighted by molar-refractivity contribution is 0.0951. The van der Waals surface area contributed by atoms with Crippen LogP contribution in [-0.4, -0.2) is 30.1 Å². The fourth-order valence-corrected chi connectivity index (χ4v) is 2.77. The number of carbonyl (C=O) groups is 2. The molecule has 0 aromatic heterocycles. The Balaban J connectivity index is 1.93. The van der Waals surface area contributed by atoms with Gasteiger partial charge in [0.25, 0.3) is 11.8 Å². The second-order valence-corrected chi connectivity index (χ2v) is 7.71. The van der Waals surface area contributed by atoms with E-state index in [1.54, 1.807) is 42.5 Å². The van der Waals surface area contributed by atoms with Crippen LogP contribution < -0.4 is 20.7 Å². The van der Waals surface area contributed by atoms with Gasteiger partial charge in [0, 0.05) is 23.4 Å². The molecule has 30 heavy (non-hydrogen) atoms. The first-order valence-corrected chi connectivity index (χ1v) is 10.5. The molecule has 2 aromatic rings. The van der Waals surface area contributed by atoms with E-state index in [-0.39, 0.29) is 16.9 Å². The molecule has 6 nitrogen and oxygen atoms in total. The highest BCUT2D eigenvalue weighted by atomic mass is 32.1. The second-order valence-electron chi connectivity index (χ2n) is 7.30. The molecule has 2 rings (SSSR count). The summed E-state index contributed by atoms with van der Waals surface area (Å²) >= 11 is 5.25. The number of hydrogen-bond donors (Lipinski definition) is 3. The maximum atomic E-state index is 12.5. The summed E-state index contributed by atoms with van der Waals surface area (Å²) < 4.78 is 5.71. The van der Waals surface area contributed by atoms with Gasteiger partial charge < -0.3 is 15.4 Å². The maximum Gasteiger partial charge on any atom is 0.257 e. The van der Waals surface area contributed by atoms with Gasteiger partial charge in [-0.3, -0.25) is 14.9 Å². The first-order chi connectivity index (χ1) is 14.4. The molecule has 0 spiro atoms. The molecular formula is C23H29N3O3S. The first kappa shape index (κ1) is 23.3. The number of ether oxygens (including phenoxy) is 1. The van der Waals surface area contributed by atoms with Gasteiger partial charge in [-0.1, -0.05) is 32.9 Å². The summed E-state index contributed by atoms with van der Waals surface area (Å²) in [4.78, 5) is 24.6. The Bertz CT molecular complexity index is 884. The van der Waals surface area contributed by atoms with Crippen LogP contribution in [-0.2, 0) is 0 Å². The van der Waals surface area contributed by atoms with Crippen molar-refractivity contribution >= 4 is 34.8 Å². The van der Waals surface area contributed by atoms with Crippen LogP contribution in [0.3, 0.4) is 0 Å². The standard InChI is InChI=1S/C23H29N3O3S/c1-4-12-24-21(27)17-7-5-9-19(14-17)25-23(30)26-22(28)18-8-6-10-20(15-18)29-13-11-16(2)3/h5-10,14-16H,4,11-13H2,1-3H3,(H,24,27)(H2,25,26,28,30). The maximum absolute atomic E-state index is 12.5. The Kier molecular flexibility index (Phi) is 9.28. The summed E-state index contributed by atoms with van der Waals surface area (Å²) in [6.45, 7) is 7.48. The predicted molar refractivity (Wildman–Crippen MR) is 124 cm³/mol. The average molecular weight is 428 g/mol. The van der Waals surface area contributed by atoms with Crippen molar-refractivity contribution < 1.29 is 14.3 Å². The highest BCUT2D eigenvalue weighted by molar-refractivity contribution is 7.80. The van der Waals surface area contributed by atoms with Crippen LogP contribution in [0.25, 0.3) is 0 Å². The van der Waals surface area contributed by atoms with Crippen molar-refractivity contribution in [3.05, 3.63) is 59.7 Å². The van der Waals surface area contributed by atoms with Crippen molar-refractivity contribution in [2.24, 2.45) is 5.92 Å². The van der Waals surface area contributed by atoms with E-state index in [4.69, 9.17) is 17.0 Å². The van der Waals surface area contributed by atoms with Crippen molar-refractivity contribution in [3.63, 3.8) is 0 Å². The van der Waals surface area contributed by atoms with E-state index in [1.165, 1.54) is 0 Å². The summed E-state index contributed by atoms with van der Waals surface area (Å²) in [5.74, 6) is 0.715.